The molecule has 1 heterocycles. The van der Waals surface area contributed by atoms with Gasteiger partial charge in [-0.15, -0.1) is 0 Å². The summed E-state index contributed by atoms with van der Waals surface area (Å²) in [5.41, 5.74) is 0.499. The molecule has 1 saturated heterocycles. The van der Waals surface area contributed by atoms with Crippen molar-refractivity contribution in [3.8, 4) is 0 Å². The van der Waals surface area contributed by atoms with Crippen LogP contribution in [0.5, 0.6) is 0 Å². The van der Waals surface area contributed by atoms with Crippen molar-refractivity contribution in [1.82, 2.24) is 5.32 Å². The van der Waals surface area contributed by atoms with Crippen molar-refractivity contribution in [2.75, 3.05) is 26.3 Å². The third-order valence-corrected chi connectivity index (χ3v) is 7.33. The normalized spacial score (nSPS) is 26.9. The lowest BCUT2D eigenvalue weighted by atomic mass is 9.53. The van der Waals surface area contributed by atoms with Crippen LogP contribution < -0.4 is 5.32 Å². The summed E-state index contributed by atoms with van der Waals surface area (Å²) < 4.78 is 0. The molecule has 0 spiro atoms. The van der Waals surface area contributed by atoms with Crippen LogP contribution in [0.15, 0.2) is 85.0 Å². The van der Waals surface area contributed by atoms with Crippen LogP contribution in [-0.2, 0) is 0 Å². The van der Waals surface area contributed by atoms with Gasteiger partial charge in [0.15, 0.2) is 11.6 Å². The second kappa shape index (κ2) is 10.4. The number of benzene rings is 2. The number of ketones is 2. The van der Waals surface area contributed by atoms with E-state index in [2.05, 4.69) is 5.32 Å². The molecule has 1 aliphatic heterocycles. The van der Waals surface area contributed by atoms with E-state index in [1.807, 2.05) is 60.7 Å². The molecule has 1 fully saturated rings. The Bertz CT molecular complexity index is 953. The van der Waals surface area contributed by atoms with Crippen LogP contribution >= 0.6 is 0 Å². The molecule has 4 rings (SSSR count). The topological polar surface area (TPSA) is 86.6 Å². The summed E-state index contributed by atoms with van der Waals surface area (Å²) in [6.07, 6.45) is 8.42. The number of allylic oxidation sites excluding steroid dienone is 4. The minimum atomic E-state index is -0.718. The second-order valence-corrected chi connectivity index (χ2v) is 9.02. The highest BCUT2D eigenvalue weighted by Crippen LogP contribution is 2.51. The molecule has 2 aliphatic rings. The quantitative estimate of drug-likeness (QED) is 0.543. The van der Waals surface area contributed by atoms with Crippen LogP contribution in [0.3, 0.4) is 0 Å². The Balaban J connectivity index is 1.84. The van der Waals surface area contributed by atoms with Gasteiger partial charge in [0, 0.05) is 60.6 Å². The van der Waals surface area contributed by atoms with Gasteiger partial charge in [-0.1, -0.05) is 85.0 Å². The molecular formula is C28H31NO4. The van der Waals surface area contributed by atoms with Crippen LogP contribution in [0.1, 0.15) is 27.1 Å². The maximum Gasteiger partial charge on any atom is 0.167 e. The molecule has 3 atom stereocenters. The first-order chi connectivity index (χ1) is 16.1. The molecule has 5 heteroatoms. The average molecular weight is 446 g/mol. The Morgan fingerprint density at radius 1 is 0.848 bits per heavy atom. The zero-order chi connectivity index (χ0) is 23.3. The predicted octanol–water partition coefficient (Wildman–Crippen LogP) is 3.31. The van der Waals surface area contributed by atoms with Gasteiger partial charge in [0.2, 0.25) is 0 Å². The van der Waals surface area contributed by atoms with Crippen LogP contribution in [0, 0.1) is 29.1 Å². The van der Waals surface area contributed by atoms with Crippen molar-refractivity contribution in [2.24, 2.45) is 29.1 Å². The first-order valence-electron chi connectivity index (χ1n) is 11.6. The van der Waals surface area contributed by atoms with Crippen LogP contribution in [-0.4, -0.2) is 48.1 Å². The third-order valence-electron chi connectivity index (χ3n) is 7.33. The van der Waals surface area contributed by atoms with Crippen molar-refractivity contribution in [2.45, 2.75) is 6.42 Å². The number of piperidine rings is 1. The predicted molar refractivity (Wildman–Crippen MR) is 128 cm³/mol. The van der Waals surface area contributed by atoms with Gasteiger partial charge in [-0.3, -0.25) is 9.59 Å². The van der Waals surface area contributed by atoms with Gasteiger partial charge >= 0.3 is 0 Å². The molecule has 2 aromatic carbocycles. The Morgan fingerprint density at radius 2 is 1.36 bits per heavy atom. The van der Waals surface area contributed by atoms with Crippen LogP contribution in [0.4, 0.5) is 0 Å². The molecule has 3 N–H and O–H groups in total. The fourth-order valence-corrected chi connectivity index (χ4v) is 5.70. The van der Waals surface area contributed by atoms with E-state index in [0.717, 1.165) is 0 Å². The number of aliphatic hydroxyl groups excluding tert-OH is 2. The van der Waals surface area contributed by atoms with Gasteiger partial charge in [-0.2, -0.15) is 0 Å². The third kappa shape index (κ3) is 4.49. The fraction of sp³-hybridized carbons (Fsp3) is 0.357. The van der Waals surface area contributed by atoms with Crippen molar-refractivity contribution in [3.63, 3.8) is 0 Å². The highest BCUT2D eigenvalue weighted by atomic mass is 16.3. The average Bonchev–Trinajstić information content (AvgIpc) is 2.89. The summed E-state index contributed by atoms with van der Waals surface area (Å²) >= 11 is 0. The number of carbonyl (C=O) groups excluding carboxylic acids is 2. The minimum Gasteiger partial charge on any atom is -0.396 e. The molecular weight excluding hydrogens is 414 g/mol. The number of nitrogens with one attached hydrogen (secondary N) is 1. The largest absolute Gasteiger partial charge is 0.396 e. The molecule has 0 amide bonds. The highest BCUT2D eigenvalue weighted by Gasteiger charge is 2.54. The second-order valence-electron chi connectivity index (χ2n) is 9.02. The van der Waals surface area contributed by atoms with Crippen molar-refractivity contribution < 1.29 is 19.8 Å². The summed E-state index contributed by atoms with van der Waals surface area (Å²) in [7, 11) is 0. The van der Waals surface area contributed by atoms with E-state index >= 15 is 0 Å². The molecule has 33 heavy (non-hydrogen) atoms. The van der Waals surface area contributed by atoms with Gasteiger partial charge in [0.05, 0.1) is 0 Å². The van der Waals surface area contributed by atoms with E-state index in [0.29, 0.717) is 30.6 Å². The number of rotatable bonds is 8. The summed E-state index contributed by atoms with van der Waals surface area (Å²) in [5.74, 6) is -1.86. The first kappa shape index (κ1) is 23.3. The molecule has 0 bridgehead atoms. The molecule has 172 valence electrons. The molecule has 5 nitrogen and oxygen atoms in total. The van der Waals surface area contributed by atoms with Gasteiger partial charge in [0.25, 0.3) is 0 Å². The first-order valence-corrected chi connectivity index (χ1v) is 11.6. The monoisotopic (exact) mass is 445 g/mol. The lowest BCUT2D eigenvalue weighted by Crippen LogP contribution is -2.58. The number of hydrogen-bond acceptors (Lipinski definition) is 5. The van der Waals surface area contributed by atoms with Crippen LogP contribution in [0.2, 0.25) is 0 Å². The fourth-order valence-electron chi connectivity index (χ4n) is 5.70. The van der Waals surface area contributed by atoms with Gasteiger partial charge < -0.3 is 15.5 Å². The zero-order valence-electron chi connectivity index (χ0n) is 18.6. The van der Waals surface area contributed by atoms with Crippen molar-refractivity contribution in [3.05, 3.63) is 96.1 Å². The van der Waals surface area contributed by atoms with E-state index in [4.69, 9.17) is 0 Å². The Morgan fingerprint density at radius 3 is 1.79 bits per heavy atom. The number of hydrogen-bond donors (Lipinski definition) is 3. The SMILES string of the molecule is O=C(c1ccccc1)C1CNCC(C(=O)c2ccccc2)C1C1(C(CO)CO)C=CC=CC1. The lowest BCUT2D eigenvalue weighted by Gasteiger charge is -2.51. The molecule has 0 radical (unpaired) electrons. The van der Waals surface area contributed by atoms with Crippen LogP contribution in [0.25, 0.3) is 0 Å². The Labute approximate surface area is 194 Å². The van der Waals surface area contributed by atoms with Crippen molar-refractivity contribution in [1.29, 1.82) is 0 Å². The Hall–Kier alpha value is -2.86. The Kier molecular flexibility index (Phi) is 7.33. The summed E-state index contributed by atoms with van der Waals surface area (Å²) in [4.78, 5) is 27.6. The molecule has 0 saturated carbocycles. The summed E-state index contributed by atoms with van der Waals surface area (Å²) in [6, 6.07) is 18.3. The van der Waals surface area contributed by atoms with E-state index in [1.54, 1.807) is 24.3 Å². The molecule has 3 unspecified atom stereocenters. The standard InChI is InChI=1S/C28H31NO4/c30-18-22(19-31)28(14-8-3-9-15-28)25-23(26(32)20-10-4-1-5-11-20)16-29-17-24(25)27(33)21-12-6-2-7-13-21/h1-14,22-25,29-31H,15-19H2. The maximum atomic E-state index is 13.8. The van der Waals surface area contributed by atoms with E-state index in [1.165, 1.54) is 0 Å². The summed E-state index contributed by atoms with van der Waals surface area (Å²) in [6.45, 7) is 0.438. The smallest absolute Gasteiger partial charge is 0.167 e. The zero-order valence-corrected chi connectivity index (χ0v) is 18.6. The maximum absolute atomic E-state index is 13.8. The van der Waals surface area contributed by atoms with E-state index in [9.17, 15) is 19.8 Å². The number of aliphatic hydroxyl groups is 2. The highest BCUT2D eigenvalue weighted by molar-refractivity contribution is 6.01. The van der Waals surface area contributed by atoms with Crippen molar-refractivity contribution >= 4 is 11.6 Å². The van der Waals surface area contributed by atoms with Gasteiger partial charge in [-0.25, -0.2) is 0 Å². The van der Waals surface area contributed by atoms with E-state index < -0.39 is 23.2 Å². The van der Waals surface area contributed by atoms with Gasteiger partial charge in [-0.05, 0) is 12.3 Å². The van der Waals surface area contributed by atoms with Gasteiger partial charge in [0.1, 0.15) is 0 Å². The number of carbonyl (C=O) groups is 2. The molecule has 1 aliphatic carbocycles. The lowest BCUT2D eigenvalue weighted by molar-refractivity contribution is -0.0193. The number of Topliss-reactive ketones (excluding diaryl/α,β-unsaturated/α-hetero) is 2. The minimum absolute atomic E-state index is 0.0179. The summed E-state index contributed by atoms with van der Waals surface area (Å²) in [5, 5.41) is 23.8. The van der Waals surface area contributed by atoms with E-state index in [-0.39, 0.29) is 30.7 Å². The molecule has 0 aromatic heterocycles. The molecule has 2 aromatic rings.